The first-order valence-corrected chi connectivity index (χ1v) is 7.15. The molecule has 0 saturated heterocycles. The molecule has 3 nitrogen and oxygen atoms in total. The fourth-order valence-corrected chi connectivity index (χ4v) is 2.28. The van der Waals surface area contributed by atoms with Gasteiger partial charge in [0.15, 0.2) is 0 Å². The summed E-state index contributed by atoms with van der Waals surface area (Å²) < 4.78 is 28.0. The van der Waals surface area contributed by atoms with E-state index in [0.717, 1.165) is 5.56 Å². The lowest BCUT2D eigenvalue weighted by atomic mass is 10.2. The minimum Gasteiger partial charge on any atom is -0.310 e. The standard InChI is InChI=1S/C15H18ClF2N3/c1-10(2)19-7-12-8-20-21(14(12)15(17)18)9-11-4-3-5-13(16)6-11/h3-6,8,10,15,19H,7,9H2,1-2H3. The lowest BCUT2D eigenvalue weighted by molar-refractivity contribution is 0.138. The quantitative estimate of drug-likeness (QED) is 0.873. The largest absolute Gasteiger partial charge is 0.310 e. The molecule has 6 heteroatoms. The van der Waals surface area contributed by atoms with E-state index in [-0.39, 0.29) is 18.3 Å². The maximum atomic E-state index is 13.3. The first-order chi connectivity index (χ1) is 9.97. The third-order valence-corrected chi connectivity index (χ3v) is 3.32. The molecule has 0 amide bonds. The van der Waals surface area contributed by atoms with Crippen LogP contribution in [0.15, 0.2) is 30.5 Å². The number of alkyl halides is 2. The lowest BCUT2D eigenvalue weighted by Gasteiger charge is -2.11. The molecular weight excluding hydrogens is 296 g/mol. The predicted octanol–water partition coefficient (Wildman–Crippen LogP) is 4.02. The van der Waals surface area contributed by atoms with Gasteiger partial charge in [-0.15, -0.1) is 0 Å². The summed E-state index contributed by atoms with van der Waals surface area (Å²) in [5, 5.41) is 7.81. The molecule has 2 aromatic rings. The van der Waals surface area contributed by atoms with Crippen LogP contribution in [0.1, 0.15) is 37.1 Å². The monoisotopic (exact) mass is 313 g/mol. The fourth-order valence-electron chi connectivity index (χ4n) is 2.07. The average molecular weight is 314 g/mol. The van der Waals surface area contributed by atoms with Crippen LogP contribution in [-0.2, 0) is 13.1 Å². The van der Waals surface area contributed by atoms with Gasteiger partial charge < -0.3 is 5.32 Å². The van der Waals surface area contributed by atoms with Gasteiger partial charge in [0.2, 0.25) is 0 Å². The van der Waals surface area contributed by atoms with Crippen LogP contribution in [0.4, 0.5) is 8.78 Å². The molecule has 0 spiro atoms. The summed E-state index contributed by atoms with van der Waals surface area (Å²) in [6.07, 6.45) is -1.06. The Morgan fingerprint density at radius 1 is 1.33 bits per heavy atom. The summed E-state index contributed by atoms with van der Waals surface area (Å²) in [5.74, 6) is 0. The Bertz CT molecular complexity index is 596. The molecule has 0 aliphatic heterocycles. The van der Waals surface area contributed by atoms with Gasteiger partial charge in [-0.3, -0.25) is 4.68 Å². The number of hydrogen-bond acceptors (Lipinski definition) is 2. The van der Waals surface area contributed by atoms with E-state index in [4.69, 9.17) is 11.6 Å². The molecule has 114 valence electrons. The number of rotatable bonds is 6. The number of halogens is 3. The Labute approximate surface area is 127 Å². The zero-order valence-electron chi connectivity index (χ0n) is 12.0. The van der Waals surface area contributed by atoms with Gasteiger partial charge >= 0.3 is 0 Å². The number of nitrogens with zero attached hydrogens (tertiary/aromatic N) is 2. The van der Waals surface area contributed by atoms with E-state index in [1.807, 2.05) is 19.9 Å². The molecule has 0 radical (unpaired) electrons. The van der Waals surface area contributed by atoms with Gasteiger partial charge in [0, 0.05) is 23.2 Å². The van der Waals surface area contributed by atoms with Crippen LogP contribution in [0.5, 0.6) is 0 Å². The SMILES string of the molecule is CC(C)NCc1cnn(Cc2cccc(Cl)c2)c1C(F)F. The second-order valence-electron chi connectivity index (χ2n) is 5.18. The van der Waals surface area contributed by atoms with Crippen molar-refractivity contribution in [3.8, 4) is 0 Å². The Hall–Kier alpha value is -1.46. The van der Waals surface area contributed by atoms with Crippen molar-refractivity contribution < 1.29 is 8.78 Å². The molecule has 0 aliphatic carbocycles. The molecule has 2 rings (SSSR count). The Balaban J connectivity index is 2.23. The average Bonchev–Trinajstić information content (AvgIpc) is 2.79. The Morgan fingerprint density at radius 3 is 2.71 bits per heavy atom. The fraction of sp³-hybridized carbons (Fsp3) is 0.400. The Morgan fingerprint density at radius 2 is 2.10 bits per heavy atom. The molecule has 0 saturated carbocycles. The van der Waals surface area contributed by atoms with Crippen molar-refractivity contribution in [1.82, 2.24) is 15.1 Å². The second-order valence-corrected chi connectivity index (χ2v) is 5.62. The van der Waals surface area contributed by atoms with Gasteiger partial charge in [-0.1, -0.05) is 37.6 Å². The number of aromatic nitrogens is 2. The third kappa shape index (κ3) is 4.25. The summed E-state index contributed by atoms with van der Waals surface area (Å²) >= 11 is 5.92. The van der Waals surface area contributed by atoms with Crippen LogP contribution in [0.3, 0.4) is 0 Å². The molecule has 0 fully saturated rings. The zero-order chi connectivity index (χ0) is 15.4. The summed E-state index contributed by atoms with van der Waals surface area (Å²) in [6, 6.07) is 7.37. The molecule has 0 atom stereocenters. The van der Waals surface area contributed by atoms with E-state index in [2.05, 4.69) is 10.4 Å². The van der Waals surface area contributed by atoms with Crippen molar-refractivity contribution in [3.05, 3.63) is 52.3 Å². The van der Waals surface area contributed by atoms with Crippen molar-refractivity contribution >= 4 is 11.6 Å². The highest BCUT2D eigenvalue weighted by Crippen LogP contribution is 2.24. The predicted molar refractivity (Wildman–Crippen MR) is 79.7 cm³/mol. The van der Waals surface area contributed by atoms with Gasteiger partial charge in [0.25, 0.3) is 6.43 Å². The number of nitrogens with one attached hydrogen (secondary N) is 1. The van der Waals surface area contributed by atoms with Crippen molar-refractivity contribution in [3.63, 3.8) is 0 Å². The molecule has 0 bridgehead atoms. The normalized spacial score (nSPS) is 11.6. The molecule has 1 heterocycles. The maximum Gasteiger partial charge on any atom is 0.280 e. The topological polar surface area (TPSA) is 29.9 Å². The van der Waals surface area contributed by atoms with Crippen LogP contribution >= 0.6 is 11.6 Å². The van der Waals surface area contributed by atoms with Crippen LogP contribution in [0.2, 0.25) is 5.02 Å². The zero-order valence-corrected chi connectivity index (χ0v) is 12.7. The van der Waals surface area contributed by atoms with Crippen molar-refractivity contribution in [2.75, 3.05) is 0 Å². The summed E-state index contributed by atoms with van der Waals surface area (Å²) in [5.41, 5.74) is 1.33. The van der Waals surface area contributed by atoms with E-state index in [9.17, 15) is 8.78 Å². The maximum absolute atomic E-state index is 13.3. The van der Waals surface area contributed by atoms with E-state index in [0.29, 0.717) is 17.1 Å². The van der Waals surface area contributed by atoms with Gasteiger partial charge in [-0.05, 0) is 17.7 Å². The summed E-state index contributed by atoms with van der Waals surface area (Å²) in [6.45, 7) is 4.60. The third-order valence-electron chi connectivity index (χ3n) is 3.09. The van der Waals surface area contributed by atoms with E-state index in [1.165, 1.54) is 10.9 Å². The molecule has 1 aromatic heterocycles. The molecule has 0 unspecified atom stereocenters. The molecule has 0 aliphatic rings. The highest BCUT2D eigenvalue weighted by atomic mass is 35.5. The molecule has 1 aromatic carbocycles. The molecule has 1 N–H and O–H groups in total. The van der Waals surface area contributed by atoms with Crippen molar-refractivity contribution in [2.45, 2.75) is 39.4 Å². The first-order valence-electron chi connectivity index (χ1n) is 6.78. The van der Waals surface area contributed by atoms with Crippen LogP contribution in [0.25, 0.3) is 0 Å². The minimum atomic E-state index is -2.56. The Kier molecular flexibility index (Phi) is 5.31. The van der Waals surface area contributed by atoms with Gasteiger partial charge in [0.05, 0.1) is 12.7 Å². The summed E-state index contributed by atoms with van der Waals surface area (Å²) in [7, 11) is 0. The van der Waals surface area contributed by atoms with Gasteiger partial charge in [-0.2, -0.15) is 5.10 Å². The van der Waals surface area contributed by atoms with E-state index < -0.39 is 6.43 Å². The van der Waals surface area contributed by atoms with Crippen molar-refractivity contribution in [2.24, 2.45) is 0 Å². The highest BCUT2D eigenvalue weighted by molar-refractivity contribution is 6.30. The molecule has 21 heavy (non-hydrogen) atoms. The van der Waals surface area contributed by atoms with Gasteiger partial charge in [0.1, 0.15) is 5.69 Å². The highest BCUT2D eigenvalue weighted by Gasteiger charge is 2.20. The van der Waals surface area contributed by atoms with E-state index in [1.54, 1.807) is 18.2 Å². The summed E-state index contributed by atoms with van der Waals surface area (Å²) in [4.78, 5) is 0. The minimum absolute atomic E-state index is 0.0388. The van der Waals surface area contributed by atoms with Gasteiger partial charge in [-0.25, -0.2) is 8.78 Å². The van der Waals surface area contributed by atoms with Crippen molar-refractivity contribution in [1.29, 1.82) is 0 Å². The number of hydrogen-bond donors (Lipinski definition) is 1. The van der Waals surface area contributed by atoms with E-state index >= 15 is 0 Å². The van der Waals surface area contributed by atoms with Crippen LogP contribution in [-0.4, -0.2) is 15.8 Å². The first kappa shape index (κ1) is 15.9. The lowest BCUT2D eigenvalue weighted by Crippen LogP contribution is -2.22. The number of benzene rings is 1. The second kappa shape index (κ2) is 7.00. The molecular formula is C15H18ClF2N3. The van der Waals surface area contributed by atoms with Crippen LogP contribution in [0, 0.1) is 0 Å². The smallest absolute Gasteiger partial charge is 0.280 e. The van der Waals surface area contributed by atoms with Crippen LogP contribution < -0.4 is 5.32 Å².